The van der Waals surface area contributed by atoms with E-state index in [1.54, 1.807) is 25.4 Å². The molecule has 0 aliphatic heterocycles. The predicted octanol–water partition coefficient (Wildman–Crippen LogP) is 4.63. The lowest BCUT2D eigenvalue weighted by Crippen LogP contribution is -2.05. The summed E-state index contributed by atoms with van der Waals surface area (Å²) in [5.74, 6) is 1.37. The summed E-state index contributed by atoms with van der Waals surface area (Å²) in [6.07, 6.45) is 1.63. The summed E-state index contributed by atoms with van der Waals surface area (Å²) in [6, 6.07) is 13.9. The van der Waals surface area contributed by atoms with Gasteiger partial charge in [0, 0.05) is 24.0 Å². The largest absolute Gasteiger partial charge is 0.496 e. The number of hydrogen-bond donors (Lipinski definition) is 2. The zero-order valence-corrected chi connectivity index (χ0v) is 14.2. The zero-order chi connectivity index (χ0) is 17.6. The van der Waals surface area contributed by atoms with Crippen LogP contribution in [0.3, 0.4) is 0 Å². The minimum atomic E-state index is -0.472. The van der Waals surface area contributed by atoms with E-state index < -0.39 is 5.82 Å². The van der Waals surface area contributed by atoms with Crippen LogP contribution in [0.25, 0.3) is 0 Å². The minimum Gasteiger partial charge on any atom is -0.496 e. The van der Waals surface area contributed by atoms with Crippen molar-refractivity contribution in [1.29, 1.82) is 0 Å². The Labute approximate surface area is 149 Å². The molecule has 0 bridgehead atoms. The van der Waals surface area contributed by atoms with Crippen molar-refractivity contribution < 1.29 is 9.13 Å². The van der Waals surface area contributed by atoms with Crippen molar-refractivity contribution in [3.05, 3.63) is 71.1 Å². The van der Waals surface area contributed by atoms with E-state index in [1.807, 2.05) is 24.3 Å². The molecular weight excluding hydrogens is 343 g/mol. The Bertz CT molecular complexity index is 875. The summed E-state index contributed by atoms with van der Waals surface area (Å²) in [4.78, 5) is 8.53. The topological polar surface area (TPSA) is 59.1 Å². The molecule has 0 radical (unpaired) electrons. The van der Waals surface area contributed by atoms with Crippen LogP contribution in [0.5, 0.6) is 5.75 Å². The molecule has 0 saturated heterocycles. The highest BCUT2D eigenvalue weighted by Gasteiger charge is 2.05. The zero-order valence-electron chi connectivity index (χ0n) is 13.5. The van der Waals surface area contributed by atoms with Crippen molar-refractivity contribution in [3.8, 4) is 5.75 Å². The van der Waals surface area contributed by atoms with E-state index in [1.165, 1.54) is 12.1 Å². The number of para-hydroxylation sites is 1. The first-order valence-corrected chi connectivity index (χ1v) is 7.94. The maximum Gasteiger partial charge on any atom is 0.229 e. The minimum absolute atomic E-state index is 0.0375. The Morgan fingerprint density at radius 3 is 2.80 bits per heavy atom. The molecule has 0 atom stereocenters. The molecule has 2 N–H and O–H groups in total. The van der Waals surface area contributed by atoms with Gasteiger partial charge in [-0.15, -0.1) is 0 Å². The van der Waals surface area contributed by atoms with Gasteiger partial charge in [0.25, 0.3) is 0 Å². The SMILES string of the molecule is COc1ccccc1CNc1ccnc(Nc2ccc(F)c(Cl)c2)n1. The van der Waals surface area contributed by atoms with Crippen LogP contribution in [-0.2, 0) is 6.54 Å². The van der Waals surface area contributed by atoms with Gasteiger partial charge in [-0.3, -0.25) is 0 Å². The lowest BCUT2D eigenvalue weighted by molar-refractivity contribution is 0.410. The maximum atomic E-state index is 13.2. The summed E-state index contributed by atoms with van der Waals surface area (Å²) in [5, 5.41) is 6.26. The van der Waals surface area contributed by atoms with Crippen molar-refractivity contribution in [2.45, 2.75) is 6.54 Å². The molecule has 0 fully saturated rings. The normalized spacial score (nSPS) is 10.4. The molecule has 0 unspecified atom stereocenters. The fourth-order valence-electron chi connectivity index (χ4n) is 2.26. The van der Waals surface area contributed by atoms with Gasteiger partial charge >= 0.3 is 0 Å². The summed E-state index contributed by atoms with van der Waals surface area (Å²) in [7, 11) is 1.64. The predicted molar refractivity (Wildman–Crippen MR) is 97.0 cm³/mol. The van der Waals surface area contributed by atoms with Crippen LogP contribution in [0, 0.1) is 5.82 Å². The second-order valence-corrected chi connectivity index (χ2v) is 5.59. The van der Waals surface area contributed by atoms with Gasteiger partial charge in [-0.2, -0.15) is 4.98 Å². The highest BCUT2D eigenvalue weighted by molar-refractivity contribution is 6.31. The molecule has 7 heteroatoms. The van der Waals surface area contributed by atoms with E-state index in [9.17, 15) is 4.39 Å². The van der Waals surface area contributed by atoms with Gasteiger partial charge < -0.3 is 15.4 Å². The molecule has 0 saturated carbocycles. The van der Waals surface area contributed by atoms with Crippen molar-refractivity contribution in [2.24, 2.45) is 0 Å². The van der Waals surface area contributed by atoms with E-state index in [2.05, 4.69) is 20.6 Å². The van der Waals surface area contributed by atoms with Gasteiger partial charge in [-0.05, 0) is 30.3 Å². The monoisotopic (exact) mass is 358 g/mol. The molecule has 0 aliphatic rings. The third kappa shape index (κ3) is 4.36. The van der Waals surface area contributed by atoms with Gasteiger partial charge in [0.1, 0.15) is 17.4 Å². The van der Waals surface area contributed by atoms with Crippen LogP contribution in [0.4, 0.5) is 21.8 Å². The molecule has 0 aliphatic carbocycles. The fraction of sp³-hybridized carbons (Fsp3) is 0.111. The van der Waals surface area contributed by atoms with Gasteiger partial charge in [0.15, 0.2) is 0 Å². The molecular formula is C18H16ClFN4O. The van der Waals surface area contributed by atoms with Crippen molar-refractivity contribution >= 4 is 29.1 Å². The van der Waals surface area contributed by atoms with Crippen molar-refractivity contribution in [2.75, 3.05) is 17.7 Å². The van der Waals surface area contributed by atoms with E-state index >= 15 is 0 Å². The Balaban J connectivity index is 1.70. The van der Waals surface area contributed by atoms with Gasteiger partial charge in [-0.25, -0.2) is 9.37 Å². The first-order chi connectivity index (χ1) is 12.2. The van der Waals surface area contributed by atoms with Gasteiger partial charge in [0.05, 0.1) is 12.1 Å². The van der Waals surface area contributed by atoms with E-state index in [0.29, 0.717) is 24.0 Å². The fourth-order valence-corrected chi connectivity index (χ4v) is 2.44. The summed E-state index contributed by atoms with van der Waals surface area (Å²) < 4.78 is 18.5. The number of aromatic nitrogens is 2. The van der Waals surface area contributed by atoms with Crippen LogP contribution < -0.4 is 15.4 Å². The van der Waals surface area contributed by atoms with Gasteiger partial charge in [-0.1, -0.05) is 29.8 Å². The third-order valence-electron chi connectivity index (χ3n) is 3.48. The van der Waals surface area contributed by atoms with E-state index in [0.717, 1.165) is 11.3 Å². The van der Waals surface area contributed by atoms with Crippen LogP contribution in [-0.4, -0.2) is 17.1 Å². The number of anilines is 3. The Morgan fingerprint density at radius 1 is 1.16 bits per heavy atom. The third-order valence-corrected chi connectivity index (χ3v) is 3.77. The molecule has 2 aromatic carbocycles. The van der Waals surface area contributed by atoms with Crippen LogP contribution in [0.2, 0.25) is 5.02 Å². The molecule has 3 aromatic rings. The number of ether oxygens (including phenoxy) is 1. The van der Waals surface area contributed by atoms with Crippen molar-refractivity contribution in [3.63, 3.8) is 0 Å². The highest BCUT2D eigenvalue weighted by atomic mass is 35.5. The smallest absolute Gasteiger partial charge is 0.229 e. The molecule has 0 amide bonds. The molecule has 0 spiro atoms. The molecule has 128 valence electrons. The maximum absolute atomic E-state index is 13.2. The first-order valence-electron chi connectivity index (χ1n) is 7.56. The number of halogens is 2. The molecule has 25 heavy (non-hydrogen) atoms. The lowest BCUT2D eigenvalue weighted by Gasteiger charge is -2.11. The van der Waals surface area contributed by atoms with Crippen LogP contribution in [0.15, 0.2) is 54.7 Å². The molecule has 3 rings (SSSR count). The Morgan fingerprint density at radius 2 is 2.00 bits per heavy atom. The lowest BCUT2D eigenvalue weighted by atomic mass is 10.2. The number of nitrogens with one attached hydrogen (secondary N) is 2. The van der Waals surface area contributed by atoms with E-state index in [4.69, 9.17) is 16.3 Å². The van der Waals surface area contributed by atoms with Crippen molar-refractivity contribution in [1.82, 2.24) is 9.97 Å². The first kappa shape index (κ1) is 17.0. The highest BCUT2D eigenvalue weighted by Crippen LogP contribution is 2.22. The molecule has 5 nitrogen and oxygen atoms in total. The number of methoxy groups -OCH3 is 1. The Kier molecular flexibility index (Phi) is 5.30. The quantitative estimate of drug-likeness (QED) is 0.672. The Hall–Kier alpha value is -2.86. The second kappa shape index (κ2) is 7.81. The summed E-state index contributed by atoms with van der Waals surface area (Å²) in [5.41, 5.74) is 1.62. The van der Waals surface area contributed by atoms with Crippen LogP contribution >= 0.6 is 11.6 Å². The average molecular weight is 359 g/mol. The summed E-state index contributed by atoms with van der Waals surface area (Å²) >= 11 is 5.78. The second-order valence-electron chi connectivity index (χ2n) is 5.18. The van der Waals surface area contributed by atoms with Crippen LogP contribution in [0.1, 0.15) is 5.56 Å². The van der Waals surface area contributed by atoms with Gasteiger partial charge in [0.2, 0.25) is 5.95 Å². The average Bonchev–Trinajstić information content (AvgIpc) is 2.63. The molecule has 1 heterocycles. The molecule has 1 aromatic heterocycles. The number of nitrogens with zero attached hydrogens (tertiary/aromatic N) is 2. The summed E-state index contributed by atoms with van der Waals surface area (Å²) in [6.45, 7) is 0.558. The number of rotatable bonds is 6. The number of hydrogen-bond acceptors (Lipinski definition) is 5. The standard InChI is InChI=1S/C18H16ClFN4O/c1-25-16-5-3-2-4-12(16)11-22-17-8-9-21-18(24-17)23-13-6-7-15(20)14(19)10-13/h2-10H,11H2,1H3,(H2,21,22,23,24). The van der Waals surface area contributed by atoms with E-state index in [-0.39, 0.29) is 5.02 Å². The number of benzene rings is 2.